The molecule has 88 valence electrons. The van der Waals surface area contributed by atoms with E-state index >= 15 is 0 Å². The van der Waals surface area contributed by atoms with E-state index in [0.717, 1.165) is 25.0 Å². The fourth-order valence-corrected chi connectivity index (χ4v) is 3.33. The second-order valence-electron chi connectivity index (χ2n) is 5.73. The van der Waals surface area contributed by atoms with Gasteiger partial charge in [-0.3, -0.25) is 0 Å². The second-order valence-corrected chi connectivity index (χ2v) is 5.73. The Morgan fingerprint density at radius 3 is 3.06 bits per heavy atom. The molecule has 1 fully saturated rings. The molecule has 1 saturated carbocycles. The quantitative estimate of drug-likeness (QED) is 0.507. The molecule has 0 N–H and O–H groups in total. The predicted molar refractivity (Wildman–Crippen MR) is 67.1 cm³/mol. The minimum absolute atomic E-state index is 0.0903. The summed E-state index contributed by atoms with van der Waals surface area (Å²) in [6.45, 7) is 8.63. The first-order valence-corrected chi connectivity index (χ1v) is 6.40. The van der Waals surface area contributed by atoms with Crippen molar-refractivity contribution in [3.05, 3.63) is 23.8 Å². The molecule has 0 bridgehead atoms. The van der Waals surface area contributed by atoms with Gasteiger partial charge in [0.15, 0.2) is 0 Å². The highest BCUT2D eigenvalue weighted by molar-refractivity contribution is 5.58. The Hall–Kier alpha value is -0.850. The lowest BCUT2D eigenvalue weighted by Crippen LogP contribution is -2.36. The third-order valence-electron chi connectivity index (χ3n) is 4.76. The Labute approximate surface area is 98.6 Å². The van der Waals surface area contributed by atoms with Crippen molar-refractivity contribution >= 4 is 6.29 Å². The maximum atomic E-state index is 10.9. The molecule has 0 aliphatic heterocycles. The molecule has 2 aliphatic rings. The highest BCUT2D eigenvalue weighted by Crippen LogP contribution is 2.53. The Bertz CT molecular complexity index is 339. The number of aldehydes is 1. The van der Waals surface area contributed by atoms with Gasteiger partial charge >= 0.3 is 0 Å². The van der Waals surface area contributed by atoms with Crippen LogP contribution in [0, 0.1) is 17.3 Å². The van der Waals surface area contributed by atoms with Crippen molar-refractivity contribution in [3.63, 3.8) is 0 Å². The van der Waals surface area contributed by atoms with Gasteiger partial charge in [-0.2, -0.15) is 0 Å². The zero-order valence-electron chi connectivity index (χ0n) is 10.5. The summed E-state index contributed by atoms with van der Waals surface area (Å²) in [4.78, 5) is 10.9. The Kier molecular flexibility index (Phi) is 3.05. The van der Waals surface area contributed by atoms with E-state index in [9.17, 15) is 4.79 Å². The van der Waals surface area contributed by atoms with Crippen molar-refractivity contribution in [2.24, 2.45) is 17.3 Å². The molecule has 0 radical (unpaired) electrons. The fourth-order valence-electron chi connectivity index (χ4n) is 3.33. The highest BCUT2D eigenvalue weighted by atomic mass is 16.1. The summed E-state index contributed by atoms with van der Waals surface area (Å²) in [7, 11) is 0. The number of rotatable bonds is 2. The van der Waals surface area contributed by atoms with Gasteiger partial charge in [-0.25, -0.2) is 0 Å². The first-order valence-electron chi connectivity index (χ1n) is 6.40. The average Bonchev–Trinajstić information content (AvgIpc) is 2.29. The predicted octanol–water partition coefficient (Wildman–Crippen LogP) is 3.90. The molecule has 1 heteroatoms. The topological polar surface area (TPSA) is 17.1 Å². The molecule has 1 nitrogen and oxygen atoms in total. The van der Waals surface area contributed by atoms with Crippen LogP contribution < -0.4 is 0 Å². The number of hydrogen-bond donors (Lipinski definition) is 0. The molecular formula is C15H22O. The zero-order valence-corrected chi connectivity index (χ0v) is 10.5. The summed E-state index contributed by atoms with van der Waals surface area (Å²) < 4.78 is 0. The summed E-state index contributed by atoms with van der Waals surface area (Å²) in [5.74, 6) is 0.851. The largest absolute Gasteiger partial charge is 0.303 e. The SMILES string of the molecule is C=C1CCCC2CC=C(C(C)C=O)C[C@@]12C. The van der Waals surface area contributed by atoms with Gasteiger partial charge in [0.1, 0.15) is 6.29 Å². The van der Waals surface area contributed by atoms with Gasteiger partial charge in [0.25, 0.3) is 0 Å². The van der Waals surface area contributed by atoms with Gasteiger partial charge < -0.3 is 4.79 Å². The molecule has 0 aromatic carbocycles. The van der Waals surface area contributed by atoms with Crippen LogP contribution in [0.15, 0.2) is 23.8 Å². The van der Waals surface area contributed by atoms with Gasteiger partial charge in [0.2, 0.25) is 0 Å². The Balaban J connectivity index is 2.24. The number of allylic oxidation sites excluding steroid dienone is 3. The van der Waals surface area contributed by atoms with E-state index in [1.54, 1.807) is 0 Å². The molecule has 0 saturated heterocycles. The van der Waals surface area contributed by atoms with Crippen LogP contribution in [0.2, 0.25) is 0 Å². The van der Waals surface area contributed by atoms with Crippen molar-refractivity contribution < 1.29 is 4.79 Å². The zero-order chi connectivity index (χ0) is 11.8. The molecule has 2 rings (SSSR count). The van der Waals surface area contributed by atoms with Crippen LogP contribution in [-0.2, 0) is 4.79 Å². The number of carbonyl (C=O) groups excluding carboxylic acids is 1. The molecule has 2 aliphatic carbocycles. The summed E-state index contributed by atoms with van der Waals surface area (Å²) in [5.41, 5.74) is 3.00. The molecule has 16 heavy (non-hydrogen) atoms. The minimum atomic E-state index is 0.0903. The van der Waals surface area contributed by atoms with Crippen LogP contribution in [-0.4, -0.2) is 6.29 Å². The lowest BCUT2D eigenvalue weighted by atomic mass is 9.58. The van der Waals surface area contributed by atoms with Crippen LogP contribution in [0.25, 0.3) is 0 Å². The van der Waals surface area contributed by atoms with E-state index in [0.29, 0.717) is 0 Å². The van der Waals surface area contributed by atoms with Crippen molar-refractivity contribution in [2.75, 3.05) is 0 Å². The van der Waals surface area contributed by atoms with Gasteiger partial charge in [-0.1, -0.05) is 37.6 Å². The van der Waals surface area contributed by atoms with Gasteiger partial charge in [0.05, 0.1) is 0 Å². The van der Waals surface area contributed by atoms with Crippen molar-refractivity contribution in [1.29, 1.82) is 0 Å². The molecule has 2 unspecified atom stereocenters. The Morgan fingerprint density at radius 2 is 2.38 bits per heavy atom. The molecule has 0 spiro atoms. The van der Waals surface area contributed by atoms with E-state index < -0.39 is 0 Å². The Morgan fingerprint density at radius 1 is 1.62 bits per heavy atom. The second kappa shape index (κ2) is 4.20. The molecular weight excluding hydrogens is 196 g/mol. The van der Waals surface area contributed by atoms with E-state index in [2.05, 4.69) is 19.6 Å². The normalized spacial score (nSPS) is 36.2. The molecule has 0 amide bonds. The summed E-state index contributed by atoms with van der Waals surface area (Å²) in [6.07, 6.45) is 9.38. The number of carbonyl (C=O) groups is 1. The summed E-state index contributed by atoms with van der Waals surface area (Å²) >= 11 is 0. The maximum Gasteiger partial charge on any atom is 0.126 e. The van der Waals surface area contributed by atoms with E-state index in [-0.39, 0.29) is 11.3 Å². The van der Waals surface area contributed by atoms with E-state index in [1.165, 1.54) is 30.4 Å². The molecule has 0 aromatic rings. The van der Waals surface area contributed by atoms with Gasteiger partial charge in [-0.05, 0) is 43.4 Å². The molecule has 0 heterocycles. The summed E-state index contributed by atoms with van der Waals surface area (Å²) in [5, 5.41) is 0. The molecule has 0 aromatic heterocycles. The third-order valence-corrected chi connectivity index (χ3v) is 4.76. The lowest BCUT2D eigenvalue weighted by Gasteiger charge is -2.47. The lowest BCUT2D eigenvalue weighted by molar-refractivity contribution is -0.109. The van der Waals surface area contributed by atoms with E-state index in [4.69, 9.17) is 0 Å². The highest BCUT2D eigenvalue weighted by Gasteiger charge is 2.41. The first-order chi connectivity index (χ1) is 7.58. The number of hydrogen-bond acceptors (Lipinski definition) is 1. The summed E-state index contributed by atoms with van der Waals surface area (Å²) in [6, 6.07) is 0. The monoisotopic (exact) mass is 218 g/mol. The van der Waals surface area contributed by atoms with Crippen molar-refractivity contribution in [2.45, 2.75) is 46.0 Å². The third kappa shape index (κ3) is 1.77. The maximum absolute atomic E-state index is 10.9. The fraction of sp³-hybridized carbons (Fsp3) is 0.667. The van der Waals surface area contributed by atoms with E-state index in [1.807, 2.05) is 6.92 Å². The molecule has 3 atom stereocenters. The smallest absolute Gasteiger partial charge is 0.126 e. The van der Waals surface area contributed by atoms with Crippen LogP contribution >= 0.6 is 0 Å². The number of fused-ring (bicyclic) bond motifs is 1. The average molecular weight is 218 g/mol. The first kappa shape index (κ1) is 11.6. The van der Waals surface area contributed by atoms with Crippen LogP contribution in [0.5, 0.6) is 0 Å². The minimum Gasteiger partial charge on any atom is -0.303 e. The van der Waals surface area contributed by atoms with Crippen molar-refractivity contribution in [3.8, 4) is 0 Å². The van der Waals surface area contributed by atoms with Gasteiger partial charge in [0, 0.05) is 5.92 Å². The van der Waals surface area contributed by atoms with Crippen LogP contribution in [0.1, 0.15) is 46.0 Å². The van der Waals surface area contributed by atoms with Crippen molar-refractivity contribution in [1.82, 2.24) is 0 Å². The standard InChI is InChI=1S/C15H22O/c1-11(10-16)13-7-8-14-6-4-5-12(2)15(14,3)9-13/h7,10-11,14H,2,4-6,8-9H2,1,3H3/t11?,14?,15-/m0/s1. The van der Waals surface area contributed by atoms with Crippen LogP contribution in [0.4, 0.5) is 0 Å². The van der Waals surface area contributed by atoms with Crippen LogP contribution in [0.3, 0.4) is 0 Å². The van der Waals surface area contributed by atoms with Gasteiger partial charge in [-0.15, -0.1) is 0 Å².